The predicted octanol–water partition coefficient (Wildman–Crippen LogP) is 5.68. The van der Waals surface area contributed by atoms with Crippen molar-refractivity contribution in [2.24, 2.45) is 0 Å². The summed E-state index contributed by atoms with van der Waals surface area (Å²) >= 11 is 8.01. The number of thiazole rings is 1. The van der Waals surface area contributed by atoms with Gasteiger partial charge in [0.1, 0.15) is 0 Å². The Bertz CT molecular complexity index is 871. The van der Waals surface area contributed by atoms with Crippen LogP contribution in [0.5, 0.6) is 0 Å². The Labute approximate surface area is 157 Å². The highest BCUT2D eigenvalue weighted by atomic mass is 35.5. The number of nitrogens with zero attached hydrogens (tertiary/aromatic N) is 2. The second-order valence-corrected chi connectivity index (χ2v) is 8.90. The van der Waals surface area contributed by atoms with Crippen molar-refractivity contribution in [2.75, 3.05) is 7.05 Å². The molecule has 1 aromatic heterocycles. The molecule has 2 aliphatic heterocycles. The van der Waals surface area contributed by atoms with Gasteiger partial charge in [-0.1, -0.05) is 35.9 Å². The average molecular weight is 369 g/mol. The maximum absolute atomic E-state index is 6.13. The van der Waals surface area contributed by atoms with Crippen LogP contribution in [0, 0.1) is 0 Å². The Morgan fingerprint density at radius 2 is 1.88 bits per heavy atom. The first-order valence-electron chi connectivity index (χ1n) is 9.03. The van der Waals surface area contributed by atoms with Crippen LogP contribution in [0.3, 0.4) is 0 Å². The van der Waals surface area contributed by atoms with Crippen molar-refractivity contribution >= 4 is 33.2 Å². The summed E-state index contributed by atoms with van der Waals surface area (Å²) in [5, 5.41) is 2.12. The number of aromatic nitrogens is 1. The van der Waals surface area contributed by atoms with Gasteiger partial charge in [0, 0.05) is 23.0 Å². The number of likely N-dealkylation sites (N-methyl/N-ethyl adjacent to an activating group) is 1. The lowest BCUT2D eigenvalue weighted by Crippen LogP contribution is -2.44. The molecule has 0 spiro atoms. The molecule has 3 heterocycles. The third-order valence-electron chi connectivity index (χ3n) is 6.16. The van der Waals surface area contributed by atoms with Crippen LogP contribution in [-0.2, 0) is 0 Å². The molecule has 2 fully saturated rings. The predicted molar refractivity (Wildman–Crippen MR) is 106 cm³/mol. The molecule has 2 nitrogen and oxygen atoms in total. The molecule has 1 unspecified atom stereocenters. The summed E-state index contributed by atoms with van der Waals surface area (Å²) in [6.45, 7) is 0. The first kappa shape index (κ1) is 15.8. The van der Waals surface area contributed by atoms with Crippen LogP contribution in [0.4, 0.5) is 0 Å². The maximum atomic E-state index is 6.13. The monoisotopic (exact) mass is 368 g/mol. The van der Waals surface area contributed by atoms with E-state index in [2.05, 4.69) is 48.3 Å². The molecule has 25 heavy (non-hydrogen) atoms. The lowest BCUT2D eigenvalue weighted by molar-refractivity contribution is 0.137. The molecule has 5 rings (SSSR count). The lowest BCUT2D eigenvalue weighted by atomic mass is 9.76. The first-order chi connectivity index (χ1) is 12.2. The molecule has 4 atom stereocenters. The molecule has 4 heteroatoms. The van der Waals surface area contributed by atoms with Crippen molar-refractivity contribution in [3.8, 4) is 0 Å². The van der Waals surface area contributed by atoms with Gasteiger partial charge in [-0.2, -0.15) is 0 Å². The normalized spacial score (nSPS) is 29.4. The van der Waals surface area contributed by atoms with E-state index in [-0.39, 0.29) is 0 Å². The zero-order chi connectivity index (χ0) is 17.0. The molecule has 0 aliphatic carbocycles. The summed E-state index contributed by atoms with van der Waals surface area (Å²) in [7, 11) is 2.31. The molecule has 128 valence electrons. The SMILES string of the molecule is CN1C2CC[C@@H]1C[C@H](c1ccc(Cl)cc1)[C@H]2c1nc2ccccc2s1. The van der Waals surface area contributed by atoms with E-state index in [9.17, 15) is 0 Å². The van der Waals surface area contributed by atoms with Gasteiger partial charge in [0.2, 0.25) is 0 Å². The van der Waals surface area contributed by atoms with Gasteiger partial charge < -0.3 is 0 Å². The standard InChI is InChI=1S/C21H21ClN2S/c1-24-15-10-11-18(24)20(16(12-15)13-6-8-14(22)9-7-13)21-23-17-4-2-3-5-19(17)25-21/h2-9,15-16,18,20H,10-12H2,1H3/t15-,16-,18?,20-/m1/s1. The fourth-order valence-corrected chi connectivity index (χ4v) is 6.21. The fourth-order valence-electron chi connectivity index (χ4n) is 4.89. The molecular weight excluding hydrogens is 348 g/mol. The zero-order valence-electron chi connectivity index (χ0n) is 14.2. The quantitative estimate of drug-likeness (QED) is 0.578. The number of piperidine rings is 1. The van der Waals surface area contributed by atoms with Gasteiger partial charge in [-0.3, -0.25) is 4.90 Å². The second kappa shape index (κ2) is 6.08. The minimum Gasteiger partial charge on any atom is -0.300 e. The van der Waals surface area contributed by atoms with E-state index in [1.54, 1.807) is 0 Å². The van der Waals surface area contributed by atoms with Crippen LogP contribution in [-0.4, -0.2) is 29.0 Å². The fraction of sp³-hybridized carbons (Fsp3) is 0.381. The summed E-state index contributed by atoms with van der Waals surface area (Å²) < 4.78 is 1.30. The minimum atomic E-state index is 0.474. The second-order valence-electron chi connectivity index (χ2n) is 7.40. The van der Waals surface area contributed by atoms with Crippen molar-refractivity contribution in [2.45, 2.75) is 43.2 Å². The van der Waals surface area contributed by atoms with Crippen molar-refractivity contribution in [1.29, 1.82) is 0 Å². The van der Waals surface area contributed by atoms with E-state index < -0.39 is 0 Å². The van der Waals surface area contributed by atoms with Crippen LogP contribution in [0.25, 0.3) is 10.2 Å². The molecule has 0 radical (unpaired) electrons. The van der Waals surface area contributed by atoms with Crippen LogP contribution < -0.4 is 0 Å². The van der Waals surface area contributed by atoms with Gasteiger partial charge in [-0.15, -0.1) is 11.3 Å². The molecule has 0 N–H and O–H groups in total. The largest absolute Gasteiger partial charge is 0.300 e. The number of benzene rings is 2. The topological polar surface area (TPSA) is 16.1 Å². The van der Waals surface area contributed by atoms with Crippen LogP contribution >= 0.6 is 22.9 Å². The Morgan fingerprint density at radius 1 is 1.08 bits per heavy atom. The van der Waals surface area contributed by atoms with Gasteiger partial charge in [0.15, 0.2) is 0 Å². The minimum absolute atomic E-state index is 0.474. The van der Waals surface area contributed by atoms with Gasteiger partial charge in [-0.25, -0.2) is 4.98 Å². The average Bonchev–Trinajstić information content (AvgIpc) is 3.14. The third-order valence-corrected chi connectivity index (χ3v) is 7.55. The molecule has 0 saturated carbocycles. The summed E-state index contributed by atoms with van der Waals surface area (Å²) in [6, 6.07) is 18.3. The molecule has 2 saturated heterocycles. The first-order valence-corrected chi connectivity index (χ1v) is 10.2. The number of hydrogen-bond acceptors (Lipinski definition) is 3. The molecule has 3 aromatic rings. The number of hydrogen-bond donors (Lipinski definition) is 0. The van der Waals surface area contributed by atoms with E-state index in [0.29, 0.717) is 23.9 Å². The Kier molecular flexibility index (Phi) is 3.85. The van der Waals surface area contributed by atoms with Crippen molar-refractivity contribution < 1.29 is 0 Å². The van der Waals surface area contributed by atoms with Crippen LogP contribution in [0.1, 0.15) is 41.7 Å². The van der Waals surface area contributed by atoms with Gasteiger partial charge in [0.25, 0.3) is 0 Å². The number of halogens is 1. The third kappa shape index (κ3) is 2.61. The van der Waals surface area contributed by atoms with Crippen LogP contribution in [0.15, 0.2) is 48.5 Å². The smallest absolute Gasteiger partial charge is 0.0991 e. The zero-order valence-corrected chi connectivity index (χ0v) is 15.8. The highest BCUT2D eigenvalue weighted by molar-refractivity contribution is 7.18. The molecular formula is C21H21ClN2S. The molecule has 0 amide bonds. The number of para-hydroxylation sites is 1. The van der Waals surface area contributed by atoms with Crippen molar-refractivity contribution in [3.63, 3.8) is 0 Å². The van der Waals surface area contributed by atoms with E-state index in [4.69, 9.17) is 16.6 Å². The van der Waals surface area contributed by atoms with E-state index in [1.807, 2.05) is 23.5 Å². The maximum Gasteiger partial charge on any atom is 0.0991 e. The number of rotatable bonds is 2. The van der Waals surface area contributed by atoms with Crippen LogP contribution in [0.2, 0.25) is 5.02 Å². The highest BCUT2D eigenvalue weighted by Gasteiger charge is 2.47. The van der Waals surface area contributed by atoms with E-state index in [1.165, 1.54) is 34.5 Å². The highest BCUT2D eigenvalue weighted by Crippen LogP contribution is 2.52. The Morgan fingerprint density at radius 3 is 2.68 bits per heavy atom. The molecule has 2 aliphatic rings. The lowest BCUT2D eigenvalue weighted by Gasteiger charge is -2.42. The Balaban J connectivity index is 1.62. The van der Waals surface area contributed by atoms with Crippen molar-refractivity contribution in [1.82, 2.24) is 9.88 Å². The number of fused-ring (bicyclic) bond motifs is 3. The molecule has 2 aromatic carbocycles. The van der Waals surface area contributed by atoms with E-state index in [0.717, 1.165) is 10.5 Å². The van der Waals surface area contributed by atoms with Gasteiger partial charge >= 0.3 is 0 Å². The summed E-state index contributed by atoms with van der Waals surface area (Å²) in [6.07, 6.45) is 3.81. The summed E-state index contributed by atoms with van der Waals surface area (Å²) in [4.78, 5) is 7.66. The summed E-state index contributed by atoms with van der Waals surface area (Å²) in [5.41, 5.74) is 2.55. The van der Waals surface area contributed by atoms with Crippen molar-refractivity contribution in [3.05, 3.63) is 64.1 Å². The molecule has 2 bridgehead atoms. The van der Waals surface area contributed by atoms with Gasteiger partial charge in [0.05, 0.1) is 15.2 Å². The van der Waals surface area contributed by atoms with Gasteiger partial charge in [-0.05, 0) is 62.1 Å². The summed E-state index contributed by atoms with van der Waals surface area (Å²) in [5.74, 6) is 1.01. The Hall–Kier alpha value is -1.42. The van der Waals surface area contributed by atoms with E-state index >= 15 is 0 Å².